The quantitative estimate of drug-likeness (QED) is 0.814. The molecular formula is C18H25N3S. The average molecular weight is 315 g/mol. The molecule has 0 amide bonds. The molecule has 1 fully saturated rings. The minimum Gasteiger partial charge on any atom is -0.297 e. The van der Waals surface area contributed by atoms with E-state index < -0.39 is 0 Å². The number of hydrogen-bond donors (Lipinski definition) is 0. The number of piperazine rings is 1. The van der Waals surface area contributed by atoms with Gasteiger partial charge in [0.1, 0.15) is 0 Å². The molecule has 0 saturated carbocycles. The minimum absolute atomic E-state index is 1.01. The van der Waals surface area contributed by atoms with Crippen molar-refractivity contribution in [1.82, 2.24) is 14.8 Å². The van der Waals surface area contributed by atoms with Crippen LogP contribution < -0.4 is 0 Å². The summed E-state index contributed by atoms with van der Waals surface area (Å²) in [6, 6.07) is 10.8. The summed E-state index contributed by atoms with van der Waals surface area (Å²) in [6.45, 7) is 8.90. The first-order valence-electron chi connectivity index (χ1n) is 8.25. The Kier molecular flexibility index (Phi) is 5.59. The largest absolute Gasteiger partial charge is 0.297 e. The predicted molar refractivity (Wildman–Crippen MR) is 93.1 cm³/mol. The highest BCUT2D eigenvalue weighted by Gasteiger charge is 2.17. The van der Waals surface area contributed by atoms with Crippen LogP contribution in [0.4, 0.5) is 0 Å². The minimum atomic E-state index is 1.01. The van der Waals surface area contributed by atoms with Crippen LogP contribution >= 0.6 is 11.3 Å². The van der Waals surface area contributed by atoms with E-state index in [1.165, 1.54) is 22.7 Å². The van der Waals surface area contributed by atoms with Gasteiger partial charge in [-0.15, -0.1) is 11.3 Å². The highest BCUT2D eigenvalue weighted by Crippen LogP contribution is 2.15. The molecule has 0 N–H and O–H groups in total. The Morgan fingerprint density at radius 2 is 1.68 bits per heavy atom. The van der Waals surface area contributed by atoms with Crippen LogP contribution in [0.5, 0.6) is 0 Å². The summed E-state index contributed by atoms with van der Waals surface area (Å²) in [5.41, 5.74) is 2.67. The van der Waals surface area contributed by atoms with Crippen molar-refractivity contribution in [3.8, 4) is 0 Å². The molecule has 2 heterocycles. The normalized spacial score (nSPS) is 17.0. The molecule has 22 heavy (non-hydrogen) atoms. The zero-order chi connectivity index (χ0) is 15.2. The third kappa shape index (κ3) is 4.38. The third-order valence-corrected chi connectivity index (χ3v) is 5.12. The third-order valence-electron chi connectivity index (χ3n) is 4.16. The van der Waals surface area contributed by atoms with Crippen molar-refractivity contribution in [2.24, 2.45) is 0 Å². The van der Waals surface area contributed by atoms with Crippen molar-refractivity contribution in [3.05, 3.63) is 52.0 Å². The molecule has 0 spiro atoms. The number of thiazole rings is 1. The van der Waals surface area contributed by atoms with Crippen molar-refractivity contribution in [2.45, 2.75) is 32.9 Å². The van der Waals surface area contributed by atoms with Crippen molar-refractivity contribution in [3.63, 3.8) is 0 Å². The monoisotopic (exact) mass is 315 g/mol. The van der Waals surface area contributed by atoms with Gasteiger partial charge < -0.3 is 0 Å². The molecule has 1 aliphatic rings. The summed E-state index contributed by atoms with van der Waals surface area (Å²) in [5.74, 6) is 0. The van der Waals surface area contributed by atoms with Crippen LogP contribution in [0.25, 0.3) is 0 Å². The van der Waals surface area contributed by atoms with Gasteiger partial charge in [-0.1, -0.05) is 37.3 Å². The van der Waals surface area contributed by atoms with Crippen molar-refractivity contribution >= 4 is 11.3 Å². The second-order valence-electron chi connectivity index (χ2n) is 6.02. The van der Waals surface area contributed by atoms with Gasteiger partial charge >= 0.3 is 0 Å². The smallest absolute Gasteiger partial charge is 0.0928 e. The van der Waals surface area contributed by atoms with E-state index in [-0.39, 0.29) is 0 Å². The summed E-state index contributed by atoms with van der Waals surface area (Å²) in [4.78, 5) is 9.83. The highest BCUT2D eigenvalue weighted by atomic mass is 32.1. The topological polar surface area (TPSA) is 19.4 Å². The molecule has 0 unspecified atom stereocenters. The Balaban J connectivity index is 1.45. The van der Waals surface area contributed by atoms with Crippen molar-refractivity contribution in [2.75, 3.05) is 26.2 Å². The van der Waals surface area contributed by atoms with E-state index in [1.54, 1.807) is 0 Å². The molecule has 0 radical (unpaired) electrons. The maximum Gasteiger partial charge on any atom is 0.0928 e. The summed E-state index contributed by atoms with van der Waals surface area (Å²) in [7, 11) is 0. The van der Waals surface area contributed by atoms with Gasteiger partial charge in [-0.3, -0.25) is 9.80 Å². The van der Waals surface area contributed by atoms with Gasteiger partial charge in [-0.05, 0) is 18.4 Å². The van der Waals surface area contributed by atoms with Gasteiger partial charge in [0.15, 0.2) is 0 Å². The first-order chi connectivity index (χ1) is 10.8. The molecule has 1 aliphatic heterocycles. The standard InChI is InChI=1S/C18H25N3S/c1-2-6-18-19-17(15-22-18)14-21-11-9-20(10-12-21)13-16-7-4-3-5-8-16/h3-5,7-8,15H,2,6,9-14H2,1H3. The van der Waals surface area contributed by atoms with Crippen LogP contribution in [0.1, 0.15) is 29.6 Å². The van der Waals surface area contributed by atoms with Crippen LogP contribution in [-0.4, -0.2) is 41.0 Å². The van der Waals surface area contributed by atoms with E-state index in [1.807, 2.05) is 11.3 Å². The number of aryl methyl sites for hydroxylation is 1. The first-order valence-corrected chi connectivity index (χ1v) is 9.13. The first kappa shape index (κ1) is 15.7. The molecular weight excluding hydrogens is 290 g/mol. The molecule has 0 aliphatic carbocycles. The summed E-state index contributed by atoms with van der Waals surface area (Å²) >= 11 is 1.82. The molecule has 1 aromatic carbocycles. The van der Waals surface area contributed by atoms with E-state index in [9.17, 15) is 0 Å². The Bertz CT molecular complexity index is 559. The summed E-state index contributed by atoms with van der Waals surface area (Å²) in [6.07, 6.45) is 2.31. The van der Waals surface area contributed by atoms with Gasteiger partial charge in [0.05, 0.1) is 10.7 Å². The second kappa shape index (κ2) is 7.86. The SMILES string of the molecule is CCCc1nc(CN2CCN(Cc3ccccc3)CC2)cs1. The van der Waals surface area contributed by atoms with E-state index in [0.717, 1.165) is 45.7 Å². The van der Waals surface area contributed by atoms with Gasteiger partial charge in [-0.25, -0.2) is 4.98 Å². The van der Waals surface area contributed by atoms with E-state index >= 15 is 0 Å². The van der Waals surface area contributed by atoms with Crippen LogP contribution in [0.15, 0.2) is 35.7 Å². The zero-order valence-electron chi connectivity index (χ0n) is 13.4. The zero-order valence-corrected chi connectivity index (χ0v) is 14.2. The van der Waals surface area contributed by atoms with Gasteiger partial charge in [0.25, 0.3) is 0 Å². The number of nitrogens with zero attached hydrogens (tertiary/aromatic N) is 3. The molecule has 3 nitrogen and oxygen atoms in total. The summed E-state index contributed by atoms with van der Waals surface area (Å²) < 4.78 is 0. The highest BCUT2D eigenvalue weighted by molar-refractivity contribution is 7.09. The Morgan fingerprint density at radius 3 is 2.36 bits per heavy atom. The molecule has 3 rings (SSSR count). The van der Waals surface area contributed by atoms with Crippen molar-refractivity contribution in [1.29, 1.82) is 0 Å². The van der Waals surface area contributed by atoms with Gasteiger partial charge in [0, 0.05) is 44.6 Å². The Hall–Kier alpha value is -1.23. The Morgan fingerprint density at radius 1 is 1.00 bits per heavy atom. The maximum atomic E-state index is 4.74. The van der Waals surface area contributed by atoms with Gasteiger partial charge in [-0.2, -0.15) is 0 Å². The lowest BCUT2D eigenvalue weighted by atomic mass is 10.2. The predicted octanol–water partition coefficient (Wildman–Crippen LogP) is 3.41. The lowest BCUT2D eigenvalue weighted by Gasteiger charge is -2.34. The number of aromatic nitrogens is 1. The fourth-order valence-electron chi connectivity index (χ4n) is 2.93. The second-order valence-corrected chi connectivity index (χ2v) is 6.96. The maximum absolute atomic E-state index is 4.74. The van der Waals surface area contributed by atoms with Gasteiger partial charge in [0.2, 0.25) is 0 Å². The fourth-order valence-corrected chi connectivity index (χ4v) is 3.82. The van der Waals surface area contributed by atoms with Crippen LogP contribution in [0.2, 0.25) is 0 Å². The van der Waals surface area contributed by atoms with Crippen LogP contribution in [0.3, 0.4) is 0 Å². The molecule has 0 atom stereocenters. The molecule has 4 heteroatoms. The molecule has 1 saturated heterocycles. The average Bonchev–Trinajstić information content (AvgIpc) is 2.98. The van der Waals surface area contributed by atoms with Crippen LogP contribution in [-0.2, 0) is 19.5 Å². The molecule has 2 aromatic rings. The van der Waals surface area contributed by atoms with Crippen LogP contribution in [0, 0.1) is 0 Å². The fraction of sp³-hybridized carbons (Fsp3) is 0.500. The molecule has 0 bridgehead atoms. The number of rotatable bonds is 6. The number of hydrogen-bond acceptors (Lipinski definition) is 4. The van der Waals surface area contributed by atoms with E-state index in [0.29, 0.717) is 0 Å². The lowest BCUT2D eigenvalue weighted by Crippen LogP contribution is -2.45. The Labute approximate surface area is 137 Å². The van der Waals surface area contributed by atoms with E-state index in [2.05, 4.69) is 52.4 Å². The molecule has 118 valence electrons. The lowest BCUT2D eigenvalue weighted by molar-refractivity contribution is 0.121. The number of benzene rings is 1. The molecule has 1 aromatic heterocycles. The summed E-state index contributed by atoms with van der Waals surface area (Å²) in [5, 5.41) is 3.53. The van der Waals surface area contributed by atoms with E-state index in [4.69, 9.17) is 4.98 Å². The van der Waals surface area contributed by atoms with Crippen molar-refractivity contribution < 1.29 is 0 Å².